The number of phenols is 1. The van der Waals surface area contributed by atoms with Crippen LogP contribution in [-0.4, -0.2) is 17.4 Å². The van der Waals surface area contributed by atoms with E-state index in [9.17, 15) is 5.11 Å². The summed E-state index contributed by atoms with van der Waals surface area (Å²) >= 11 is 0. The topological polar surface area (TPSA) is 32.6 Å². The van der Waals surface area contributed by atoms with Gasteiger partial charge in [0, 0.05) is 11.8 Å². The second-order valence-electron chi connectivity index (χ2n) is 5.69. The largest absolute Gasteiger partial charge is 0.507 e. The minimum atomic E-state index is 0.371. The number of aryl methyl sites for hydroxylation is 1. The second kappa shape index (κ2) is 3.86. The standard InChI is InChI=1S/C15H19NO/c1-11-3-2-4-12(14(11)17)10-16-13-5-6-15(9-13)7-8-15/h2-4,10,13,17H,5-9H2,1H3. The maximum absolute atomic E-state index is 9.90. The third kappa shape index (κ3) is 2.08. The lowest BCUT2D eigenvalue weighted by Crippen LogP contribution is -2.00. The van der Waals surface area contributed by atoms with Crippen molar-refractivity contribution in [3.63, 3.8) is 0 Å². The molecule has 1 aromatic rings. The highest BCUT2D eigenvalue weighted by Crippen LogP contribution is 2.58. The summed E-state index contributed by atoms with van der Waals surface area (Å²) in [5.41, 5.74) is 2.44. The Labute approximate surface area is 102 Å². The molecule has 0 amide bonds. The van der Waals surface area contributed by atoms with Gasteiger partial charge in [0.1, 0.15) is 5.75 Å². The van der Waals surface area contributed by atoms with Gasteiger partial charge >= 0.3 is 0 Å². The van der Waals surface area contributed by atoms with Gasteiger partial charge in [-0.1, -0.05) is 12.1 Å². The van der Waals surface area contributed by atoms with Crippen LogP contribution in [0.5, 0.6) is 5.75 Å². The van der Waals surface area contributed by atoms with Crippen LogP contribution in [0.1, 0.15) is 43.2 Å². The molecule has 90 valence electrons. The average Bonchev–Trinajstić information content (AvgIpc) is 2.94. The third-order valence-corrected chi connectivity index (χ3v) is 4.33. The van der Waals surface area contributed by atoms with Crippen molar-refractivity contribution in [3.8, 4) is 5.75 Å². The first-order valence-corrected chi connectivity index (χ1v) is 6.50. The molecule has 0 aliphatic heterocycles. The summed E-state index contributed by atoms with van der Waals surface area (Å²) in [4.78, 5) is 4.65. The van der Waals surface area contributed by atoms with E-state index in [0.29, 0.717) is 17.2 Å². The van der Waals surface area contributed by atoms with Crippen molar-refractivity contribution in [1.82, 2.24) is 0 Å². The van der Waals surface area contributed by atoms with Crippen molar-refractivity contribution in [1.29, 1.82) is 0 Å². The van der Waals surface area contributed by atoms with Crippen LogP contribution in [0.15, 0.2) is 23.2 Å². The van der Waals surface area contributed by atoms with Crippen molar-refractivity contribution in [2.45, 2.75) is 45.1 Å². The molecule has 1 aromatic carbocycles. The van der Waals surface area contributed by atoms with Crippen molar-refractivity contribution in [2.24, 2.45) is 10.4 Å². The molecule has 3 rings (SSSR count). The Hall–Kier alpha value is -1.31. The van der Waals surface area contributed by atoms with E-state index < -0.39 is 0 Å². The maximum atomic E-state index is 9.90. The van der Waals surface area contributed by atoms with Gasteiger partial charge in [-0.25, -0.2) is 0 Å². The van der Waals surface area contributed by atoms with Gasteiger partial charge in [0.05, 0.1) is 6.04 Å². The zero-order valence-corrected chi connectivity index (χ0v) is 10.3. The van der Waals surface area contributed by atoms with Crippen LogP contribution in [-0.2, 0) is 0 Å². The fourth-order valence-corrected chi connectivity index (χ4v) is 2.91. The molecule has 2 aliphatic rings. The minimum absolute atomic E-state index is 0.371. The molecular formula is C15H19NO. The molecule has 1 atom stereocenters. The van der Waals surface area contributed by atoms with E-state index in [2.05, 4.69) is 4.99 Å². The van der Waals surface area contributed by atoms with Crippen molar-refractivity contribution >= 4 is 6.21 Å². The Morgan fingerprint density at radius 3 is 2.88 bits per heavy atom. The summed E-state index contributed by atoms with van der Waals surface area (Å²) < 4.78 is 0. The van der Waals surface area contributed by atoms with Crippen LogP contribution in [0.25, 0.3) is 0 Å². The molecule has 1 N–H and O–H groups in total. The quantitative estimate of drug-likeness (QED) is 0.774. The number of hydrogen-bond acceptors (Lipinski definition) is 2. The first-order valence-electron chi connectivity index (χ1n) is 6.50. The molecular weight excluding hydrogens is 210 g/mol. The number of aliphatic imine (C=N–C) groups is 1. The lowest BCUT2D eigenvalue weighted by atomic mass is 10.1. The van der Waals surface area contributed by atoms with Gasteiger partial charge in [-0.05, 0) is 56.1 Å². The molecule has 17 heavy (non-hydrogen) atoms. The average molecular weight is 229 g/mol. The second-order valence-corrected chi connectivity index (χ2v) is 5.69. The normalized spacial score (nSPS) is 25.8. The van der Waals surface area contributed by atoms with E-state index in [-0.39, 0.29) is 0 Å². The van der Waals surface area contributed by atoms with Gasteiger partial charge in [-0.2, -0.15) is 0 Å². The van der Waals surface area contributed by atoms with E-state index in [1.54, 1.807) is 0 Å². The van der Waals surface area contributed by atoms with E-state index in [0.717, 1.165) is 11.1 Å². The molecule has 0 heterocycles. The molecule has 2 aliphatic carbocycles. The molecule has 0 aromatic heterocycles. The molecule has 0 bridgehead atoms. The number of phenolic OH excluding ortho intramolecular Hbond substituents is 1. The van der Waals surface area contributed by atoms with Gasteiger partial charge < -0.3 is 5.11 Å². The Bertz CT molecular complexity index is 460. The molecule has 2 fully saturated rings. The van der Waals surface area contributed by atoms with Crippen LogP contribution in [0.2, 0.25) is 0 Å². The predicted octanol–water partition coefficient (Wildman–Crippen LogP) is 3.45. The summed E-state index contributed by atoms with van der Waals surface area (Å²) in [5.74, 6) is 0.371. The number of nitrogens with zero attached hydrogens (tertiary/aromatic N) is 1. The van der Waals surface area contributed by atoms with Crippen LogP contribution < -0.4 is 0 Å². The maximum Gasteiger partial charge on any atom is 0.127 e. The Balaban J connectivity index is 1.72. The predicted molar refractivity (Wildman–Crippen MR) is 69.7 cm³/mol. The SMILES string of the molecule is Cc1cccc(C=NC2CCC3(CC3)C2)c1O. The number of hydrogen-bond donors (Lipinski definition) is 1. The van der Waals surface area contributed by atoms with Gasteiger partial charge in [0.25, 0.3) is 0 Å². The highest BCUT2D eigenvalue weighted by Gasteiger charge is 2.47. The molecule has 0 radical (unpaired) electrons. The first kappa shape index (κ1) is 10.8. The molecule has 2 heteroatoms. The summed E-state index contributed by atoms with van der Waals surface area (Å²) in [6.45, 7) is 1.92. The van der Waals surface area contributed by atoms with Gasteiger partial charge in [0.15, 0.2) is 0 Å². The molecule has 1 spiro atoms. The Kier molecular flexibility index (Phi) is 2.46. The monoisotopic (exact) mass is 229 g/mol. The van der Waals surface area contributed by atoms with Crippen LogP contribution in [0.3, 0.4) is 0 Å². The van der Waals surface area contributed by atoms with Crippen LogP contribution in [0.4, 0.5) is 0 Å². The number of rotatable bonds is 2. The zero-order chi connectivity index (χ0) is 11.9. The number of para-hydroxylation sites is 1. The minimum Gasteiger partial charge on any atom is -0.507 e. The molecule has 0 saturated heterocycles. The number of aromatic hydroxyl groups is 1. The van der Waals surface area contributed by atoms with E-state index in [1.165, 1.54) is 32.1 Å². The van der Waals surface area contributed by atoms with Crippen molar-refractivity contribution in [2.75, 3.05) is 0 Å². The molecule has 2 nitrogen and oxygen atoms in total. The Morgan fingerprint density at radius 2 is 2.18 bits per heavy atom. The lowest BCUT2D eigenvalue weighted by molar-refractivity contribution is 0.470. The smallest absolute Gasteiger partial charge is 0.127 e. The zero-order valence-electron chi connectivity index (χ0n) is 10.3. The van der Waals surface area contributed by atoms with E-state index in [1.807, 2.05) is 31.3 Å². The summed E-state index contributed by atoms with van der Waals surface area (Å²) in [6.07, 6.45) is 8.52. The highest BCUT2D eigenvalue weighted by molar-refractivity contribution is 5.84. The highest BCUT2D eigenvalue weighted by atomic mass is 16.3. The lowest BCUT2D eigenvalue weighted by Gasteiger charge is -2.05. The van der Waals surface area contributed by atoms with Gasteiger partial charge in [-0.3, -0.25) is 4.99 Å². The van der Waals surface area contributed by atoms with E-state index in [4.69, 9.17) is 0 Å². The summed E-state index contributed by atoms with van der Waals surface area (Å²) in [5, 5.41) is 9.90. The fraction of sp³-hybridized carbons (Fsp3) is 0.533. The van der Waals surface area contributed by atoms with Gasteiger partial charge in [-0.15, -0.1) is 0 Å². The first-order chi connectivity index (χ1) is 8.19. The van der Waals surface area contributed by atoms with Crippen molar-refractivity contribution in [3.05, 3.63) is 29.3 Å². The number of benzene rings is 1. The Morgan fingerprint density at radius 1 is 1.35 bits per heavy atom. The fourth-order valence-electron chi connectivity index (χ4n) is 2.91. The third-order valence-electron chi connectivity index (χ3n) is 4.33. The van der Waals surface area contributed by atoms with Gasteiger partial charge in [0.2, 0.25) is 0 Å². The molecule has 2 saturated carbocycles. The molecule has 1 unspecified atom stereocenters. The summed E-state index contributed by atoms with van der Waals surface area (Å²) in [7, 11) is 0. The van der Waals surface area contributed by atoms with E-state index >= 15 is 0 Å². The van der Waals surface area contributed by atoms with Crippen LogP contribution >= 0.6 is 0 Å². The van der Waals surface area contributed by atoms with Crippen molar-refractivity contribution < 1.29 is 5.11 Å². The van der Waals surface area contributed by atoms with Crippen LogP contribution in [0, 0.1) is 12.3 Å². The summed E-state index contributed by atoms with van der Waals surface area (Å²) in [6, 6.07) is 6.29.